The van der Waals surface area contributed by atoms with Gasteiger partial charge in [-0.2, -0.15) is 0 Å². The average Bonchev–Trinajstić information content (AvgIpc) is 2.09. The Morgan fingerprint density at radius 3 is 2.79 bits per heavy atom. The molecule has 0 radical (unpaired) electrons. The molecule has 0 fully saturated rings. The normalized spacial score (nSPS) is 12.2. The van der Waals surface area contributed by atoms with Crippen molar-refractivity contribution < 1.29 is 14.6 Å². The van der Waals surface area contributed by atoms with E-state index in [1.165, 1.54) is 6.92 Å². The Balaban J connectivity index is 2.82. The molecule has 1 N–H and O–H groups in total. The molecule has 1 atom stereocenters. The molecule has 0 aliphatic heterocycles. The van der Waals surface area contributed by atoms with Crippen LogP contribution in [0.25, 0.3) is 0 Å². The fourth-order valence-electron chi connectivity index (χ4n) is 0.812. The van der Waals surface area contributed by atoms with Crippen molar-refractivity contribution in [1.29, 1.82) is 0 Å². The van der Waals surface area contributed by atoms with Crippen LogP contribution in [0.2, 0.25) is 5.02 Å². The van der Waals surface area contributed by atoms with Crippen LogP contribution in [-0.4, -0.2) is 17.2 Å². The first-order valence-electron chi connectivity index (χ1n) is 3.85. The van der Waals surface area contributed by atoms with Gasteiger partial charge in [-0.1, -0.05) is 27.5 Å². The van der Waals surface area contributed by atoms with Crippen LogP contribution in [0.1, 0.15) is 6.92 Å². The predicted molar refractivity (Wildman–Crippen MR) is 56.9 cm³/mol. The van der Waals surface area contributed by atoms with Gasteiger partial charge in [0.1, 0.15) is 5.75 Å². The lowest BCUT2D eigenvalue weighted by Gasteiger charge is -2.11. The first-order chi connectivity index (χ1) is 6.50. The number of hydrogen-bond acceptors (Lipinski definition) is 2. The number of benzene rings is 1. The molecule has 1 rings (SSSR count). The summed E-state index contributed by atoms with van der Waals surface area (Å²) >= 11 is 9.07. The van der Waals surface area contributed by atoms with Crippen LogP contribution in [0.15, 0.2) is 22.7 Å². The van der Waals surface area contributed by atoms with E-state index in [-0.39, 0.29) is 0 Å². The highest BCUT2D eigenvalue weighted by molar-refractivity contribution is 9.10. The number of aliphatic carboxylic acids is 1. The van der Waals surface area contributed by atoms with Crippen LogP contribution in [0.3, 0.4) is 0 Å². The molecule has 0 unspecified atom stereocenters. The first-order valence-corrected chi connectivity index (χ1v) is 5.02. The van der Waals surface area contributed by atoms with Gasteiger partial charge in [0.05, 0.1) is 5.02 Å². The van der Waals surface area contributed by atoms with Crippen molar-refractivity contribution in [3.05, 3.63) is 27.7 Å². The average molecular weight is 280 g/mol. The van der Waals surface area contributed by atoms with E-state index in [9.17, 15) is 4.79 Å². The molecule has 76 valence electrons. The van der Waals surface area contributed by atoms with E-state index in [0.717, 1.165) is 4.47 Å². The highest BCUT2D eigenvalue weighted by Gasteiger charge is 2.14. The van der Waals surface area contributed by atoms with Crippen molar-refractivity contribution in [3.63, 3.8) is 0 Å². The lowest BCUT2D eigenvalue weighted by atomic mass is 10.3. The zero-order valence-corrected chi connectivity index (χ0v) is 9.67. The van der Waals surface area contributed by atoms with Crippen LogP contribution in [-0.2, 0) is 4.79 Å². The van der Waals surface area contributed by atoms with E-state index in [1.54, 1.807) is 18.2 Å². The van der Waals surface area contributed by atoms with Crippen molar-refractivity contribution >= 4 is 33.5 Å². The first kappa shape index (κ1) is 11.3. The van der Waals surface area contributed by atoms with Crippen LogP contribution >= 0.6 is 27.5 Å². The molecule has 0 aliphatic rings. The molecule has 0 bridgehead atoms. The number of ether oxygens (including phenoxy) is 1. The van der Waals surface area contributed by atoms with Gasteiger partial charge in [-0.25, -0.2) is 4.79 Å². The van der Waals surface area contributed by atoms with Crippen molar-refractivity contribution in [2.75, 3.05) is 0 Å². The number of halogens is 2. The van der Waals surface area contributed by atoms with Gasteiger partial charge in [0, 0.05) is 4.47 Å². The lowest BCUT2D eigenvalue weighted by Crippen LogP contribution is -2.22. The van der Waals surface area contributed by atoms with E-state index >= 15 is 0 Å². The van der Waals surface area contributed by atoms with E-state index in [0.29, 0.717) is 10.8 Å². The monoisotopic (exact) mass is 278 g/mol. The van der Waals surface area contributed by atoms with Crippen molar-refractivity contribution in [3.8, 4) is 5.75 Å². The van der Waals surface area contributed by atoms with Crippen LogP contribution in [0.4, 0.5) is 0 Å². The molecule has 0 amide bonds. The zero-order valence-electron chi connectivity index (χ0n) is 7.33. The van der Waals surface area contributed by atoms with E-state index < -0.39 is 12.1 Å². The predicted octanol–water partition coefficient (Wildman–Crippen LogP) is 2.95. The Hall–Kier alpha value is -0.740. The molecule has 0 aromatic heterocycles. The smallest absolute Gasteiger partial charge is 0.344 e. The largest absolute Gasteiger partial charge is 0.479 e. The second-order valence-electron chi connectivity index (χ2n) is 2.67. The number of rotatable bonds is 3. The van der Waals surface area contributed by atoms with Crippen molar-refractivity contribution in [1.82, 2.24) is 0 Å². The molecule has 0 saturated carbocycles. The molecule has 5 heteroatoms. The second-order valence-corrected chi connectivity index (χ2v) is 4.00. The molecular formula is C9H8BrClO3. The summed E-state index contributed by atoms with van der Waals surface area (Å²) in [5, 5.41) is 8.99. The van der Waals surface area contributed by atoms with Crippen molar-refractivity contribution in [2.45, 2.75) is 13.0 Å². The molecule has 0 aliphatic carbocycles. The molecule has 0 heterocycles. The Morgan fingerprint density at radius 2 is 2.29 bits per heavy atom. The summed E-state index contributed by atoms with van der Waals surface area (Å²) in [6.07, 6.45) is -0.909. The maximum atomic E-state index is 10.5. The highest BCUT2D eigenvalue weighted by Crippen LogP contribution is 2.28. The maximum Gasteiger partial charge on any atom is 0.344 e. The maximum absolute atomic E-state index is 10.5. The third-order valence-corrected chi connectivity index (χ3v) is 2.33. The number of hydrogen-bond donors (Lipinski definition) is 1. The van der Waals surface area contributed by atoms with Gasteiger partial charge >= 0.3 is 5.97 Å². The number of carboxylic acids is 1. The van der Waals surface area contributed by atoms with E-state index in [1.807, 2.05) is 0 Å². The van der Waals surface area contributed by atoms with Crippen LogP contribution in [0.5, 0.6) is 5.75 Å². The molecular weight excluding hydrogens is 271 g/mol. The molecule has 1 aromatic carbocycles. The standard InChI is InChI=1S/C9H8BrClO3/c1-5(9(12)13)14-8-3-2-6(10)4-7(8)11/h2-5H,1H3,(H,12,13)/t5-/m1/s1. The summed E-state index contributed by atoms with van der Waals surface area (Å²) in [5.41, 5.74) is 0. The SMILES string of the molecule is C[C@@H](Oc1ccc(Br)cc1Cl)C(=O)O. The lowest BCUT2D eigenvalue weighted by molar-refractivity contribution is -0.144. The summed E-state index contributed by atoms with van der Waals surface area (Å²) in [6, 6.07) is 4.99. The van der Waals surface area contributed by atoms with Gasteiger partial charge in [0.25, 0.3) is 0 Å². The molecule has 3 nitrogen and oxygen atoms in total. The van der Waals surface area contributed by atoms with Gasteiger partial charge in [-0.05, 0) is 25.1 Å². The van der Waals surface area contributed by atoms with Gasteiger partial charge < -0.3 is 9.84 Å². The Kier molecular flexibility index (Phi) is 3.77. The minimum absolute atomic E-state index is 0.366. The molecule has 1 aromatic rings. The van der Waals surface area contributed by atoms with Gasteiger partial charge in [-0.15, -0.1) is 0 Å². The quantitative estimate of drug-likeness (QED) is 0.925. The molecule has 14 heavy (non-hydrogen) atoms. The minimum atomic E-state index is -1.02. The minimum Gasteiger partial charge on any atom is -0.479 e. The summed E-state index contributed by atoms with van der Waals surface area (Å²) < 4.78 is 5.93. The third kappa shape index (κ3) is 2.89. The topological polar surface area (TPSA) is 46.5 Å². The van der Waals surface area contributed by atoms with Crippen molar-refractivity contribution in [2.24, 2.45) is 0 Å². The Labute approximate surface area is 94.8 Å². The molecule has 0 saturated heterocycles. The van der Waals surface area contributed by atoms with Gasteiger partial charge in [0.2, 0.25) is 0 Å². The summed E-state index contributed by atoms with van der Waals surface area (Å²) in [5.74, 6) is -0.659. The van der Waals surface area contributed by atoms with Gasteiger partial charge in [0.15, 0.2) is 6.10 Å². The van der Waals surface area contributed by atoms with Gasteiger partial charge in [-0.3, -0.25) is 0 Å². The van der Waals surface area contributed by atoms with Crippen LogP contribution in [0, 0.1) is 0 Å². The highest BCUT2D eigenvalue weighted by atomic mass is 79.9. The fourth-order valence-corrected chi connectivity index (χ4v) is 1.53. The second kappa shape index (κ2) is 4.66. The third-order valence-electron chi connectivity index (χ3n) is 1.55. The molecule has 0 spiro atoms. The summed E-state index contributed by atoms with van der Waals surface area (Å²) in [6.45, 7) is 1.45. The Bertz CT molecular complexity index is 354. The fraction of sp³-hybridized carbons (Fsp3) is 0.222. The number of carbonyl (C=O) groups is 1. The van der Waals surface area contributed by atoms with E-state index in [2.05, 4.69) is 15.9 Å². The summed E-state index contributed by atoms with van der Waals surface area (Å²) in [7, 11) is 0. The van der Waals surface area contributed by atoms with E-state index in [4.69, 9.17) is 21.4 Å². The zero-order chi connectivity index (χ0) is 10.7. The van der Waals surface area contributed by atoms with Crippen LogP contribution < -0.4 is 4.74 Å². The number of carboxylic acid groups (broad SMARTS) is 1. The Morgan fingerprint density at radius 1 is 1.64 bits per heavy atom. The summed E-state index contributed by atoms with van der Waals surface area (Å²) in [4.78, 5) is 10.5.